The van der Waals surface area contributed by atoms with Gasteiger partial charge >= 0.3 is 5.97 Å². The van der Waals surface area contributed by atoms with E-state index in [1.807, 2.05) is 13.8 Å². The van der Waals surface area contributed by atoms with Crippen molar-refractivity contribution in [2.75, 3.05) is 33.3 Å². The Morgan fingerprint density at radius 1 is 1.20 bits per heavy atom. The molecule has 0 bridgehead atoms. The Morgan fingerprint density at radius 2 is 1.80 bits per heavy atom. The summed E-state index contributed by atoms with van der Waals surface area (Å²) in [5.41, 5.74) is 0. The second kappa shape index (κ2) is 10.7. The van der Waals surface area contributed by atoms with Crippen LogP contribution in [0.25, 0.3) is 0 Å². The van der Waals surface area contributed by atoms with Gasteiger partial charge in [-0.3, -0.25) is 9.59 Å². The van der Waals surface area contributed by atoms with Crippen LogP contribution in [0.4, 0.5) is 0 Å². The first-order valence-corrected chi connectivity index (χ1v) is 7.56. The van der Waals surface area contributed by atoms with Gasteiger partial charge in [-0.05, 0) is 12.5 Å². The molecule has 1 unspecified atom stereocenters. The van der Waals surface area contributed by atoms with Crippen LogP contribution in [0.3, 0.4) is 0 Å². The van der Waals surface area contributed by atoms with Gasteiger partial charge in [0.05, 0.1) is 7.11 Å². The largest absolute Gasteiger partial charge is 0.468 e. The first-order chi connectivity index (χ1) is 9.49. The number of hydrogen-bond acceptors (Lipinski definition) is 4. The third-order valence-electron chi connectivity index (χ3n) is 3.61. The number of carbonyl (C=O) groups is 2. The number of nitrogens with zero attached hydrogens (tertiary/aromatic N) is 1. The van der Waals surface area contributed by atoms with Gasteiger partial charge in [-0.2, -0.15) is 0 Å². The third kappa shape index (κ3) is 6.89. The highest BCUT2D eigenvalue weighted by molar-refractivity contribution is 5.83. The standard InChI is InChI=1S/C15H30N2O3/c1-6-13(7-2)10-17(11-14(18)20-5)15(19)12(4)9-16-8-3/h12-13,16H,6-11H2,1-5H3. The summed E-state index contributed by atoms with van der Waals surface area (Å²) < 4.78 is 4.69. The van der Waals surface area contributed by atoms with Crippen LogP contribution < -0.4 is 5.32 Å². The molecule has 0 aliphatic heterocycles. The highest BCUT2D eigenvalue weighted by Crippen LogP contribution is 2.12. The predicted molar refractivity (Wildman–Crippen MR) is 80.4 cm³/mol. The molecule has 0 spiro atoms. The zero-order chi connectivity index (χ0) is 15.5. The Bertz CT molecular complexity index is 291. The smallest absolute Gasteiger partial charge is 0.325 e. The molecule has 1 N–H and O–H groups in total. The van der Waals surface area contributed by atoms with Gasteiger partial charge in [-0.15, -0.1) is 0 Å². The summed E-state index contributed by atoms with van der Waals surface area (Å²) in [5, 5.41) is 3.17. The highest BCUT2D eigenvalue weighted by atomic mass is 16.5. The number of esters is 1. The zero-order valence-electron chi connectivity index (χ0n) is 13.6. The summed E-state index contributed by atoms with van der Waals surface area (Å²) in [6.45, 7) is 10.3. The van der Waals surface area contributed by atoms with Crippen LogP contribution in [0.15, 0.2) is 0 Å². The summed E-state index contributed by atoms with van der Waals surface area (Å²) in [7, 11) is 1.35. The predicted octanol–water partition coefficient (Wildman–Crippen LogP) is 1.67. The SMILES string of the molecule is CCNCC(C)C(=O)N(CC(=O)OC)CC(CC)CC. The minimum atomic E-state index is -0.361. The minimum absolute atomic E-state index is 0.0169. The molecule has 0 saturated heterocycles. The number of rotatable bonds is 10. The number of carbonyl (C=O) groups excluding carboxylic acids is 2. The van der Waals surface area contributed by atoms with Gasteiger partial charge in [0, 0.05) is 19.0 Å². The van der Waals surface area contributed by atoms with Gasteiger partial charge in [0.15, 0.2) is 0 Å². The van der Waals surface area contributed by atoms with Crippen LogP contribution in [0.1, 0.15) is 40.5 Å². The van der Waals surface area contributed by atoms with Crippen LogP contribution in [0.2, 0.25) is 0 Å². The topological polar surface area (TPSA) is 58.6 Å². The van der Waals surface area contributed by atoms with E-state index in [9.17, 15) is 9.59 Å². The lowest BCUT2D eigenvalue weighted by Gasteiger charge is -2.28. The van der Waals surface area contributed by atoms with Crippen molar-refractivity contribution in [2.24, 2.45) is 11.8 Å². The molecule has 1 atom stereocenters. The second-order valence-electron chi connectivity index (χ2n) is 5.19. The van der Waals surface area contributed by atoms with Crippen molar-refractivity contribution in [3.63, 3.8) is 0 Å². The third-order valence-corrected chi connectivity index (χ3v) is 3.61. The van der Waals surface area contributed by atoms with E-state index in [0.717, 1.165) is 19.4 Å². The molecule has 0 fully saturated rings. The molecule has 0 aliphatic carbocycles. The van der Waals surface area contributed by atoms with Crippen molar-refractivity contribution >= 4 is 11.9 Å². The molecule has 0 aromatic heterocycles. The van der Waals surface area contributed by atoms with E-state index in [0.29, 0.717) is 19.0 Å². The maximum Gasteiger partial charge on any atom is 0.325 e. The first-order valence-electron chi connectivity index (χ1n) is 7.56. The van der Waals surface area contributed by atoms with E-state index in [-0.39, 0.29) is 24.3 Å². The Labute approximate surface area is 123 Å². The molecule has 5 heteroatoms. The van der Waals surface area contributed by atoms with Crippen molar-refractivity contribution in [1.82, 2.24) is 10.2 Å². The van der Waals surface area contributed by atoms with Gasteiger partial charge in [0.2, 0.25) is 5.91 Å². The van der Waals surface area contributed by atoms with Gasteiger partial charge < -0.3 is 15.0 Å². The Morgan fingerprint density at radius 3 is 2.25 bits per heavy atom. The number of hydrogen-bond donors (Lipinski definition) is 1. The molecule has 0 aromatic carbocycles. The maximum atomic E-state index is 12.4. The normalized spacial score (nSPS) is 12.3. The number of methoxy groups -OCH3 is 1. The second-order valence-corrected chi connectivity index (χ2v) is 5.19. The summed E-state index contributed by atoms with van der Waals surface area (Å²) >= 11 is 0. The van der Waals surface area contributed by atoms with Gasteiger partial charge in [-0.25, -0.2) is 0 Å². The molecule has 0 saturated carbocycles. The lowest BCUT2D eigenvalue weighted by Crippen LogP contribution is -2.44. The van der Waals surface area contributed by atoms with E-state index < -0.39 is 0 Å². The molecule has 0 heterocycles. The molecular formula is C15H30N2O3. The summed E-state index contributed by atoms with van der Waals surface area (Å²) in [6.07, 6.45) is 2.01. The molecule has 0 rings (SSSR count). The van der Waals surface area contributed by atoms with Crippen LogP contribution in [-0.2, 0) is 14.3 Å². The number of amides is 1. The Balaban J connectivity index is 4.72. The highest BCUT2D eigenvalue weighted by Gasteiger charge is 2.24. The molecule has 1 amide bonds. The summed E-state index contributed by atoms with van der Waals surface area (Å²) in [4.78, 5) is 25.6. The maximum absolute atomic E-state index is 12.4. The van der Waals surface area contributed by atoms with E-state index in [1.54, 1.807) is 4.90 Å². The zero-order valence-corrected chi connectivity index (χ0v) is 13.6. The van der Waals surface area contributed by atoms with Crippen molar-refractivity contribution in [3.8, 4) is 0 Å². The summed E-state index contributed by atoms with van der Waals surface area (Å²) in [5.74, 6) is -0.0490. The minimum Gasteiger partial charge on any atom is -0.468 e. The van der Waals surface area contributed by atoms with Crippen LogP contribution in [0, 0.1) is 11.8 Å². The van der Waals surface area contributed by atoms with E-state index >= 15 is 0 Å². The average Bonchev–Trinajstić information content (AvgIpc) is 2.47. The fourth-order valence-electron chi connectivity index (χ4n) is 2.07. The average molecular weight is 286 g/mol. The van der Waals surface area contributed by atoms with E-state index in [4.69, 9.17) is 4.74 Å². The molecular weight excluding hydrogens is 256 g/mol. The van der Waals surface area contributed by atoms with Crippen molar-refractivity contribution in [1.29, 1.82) is 0 Å². The van der Waals surface area contributed by atoms with E-state index in [2.05, 4.69) is 19.2 Å². The summed E-state index contributed by atoms with van der Waals surface area (Å²) in [6, 6.07) is 0. The van der Waals surface area contributed by atoms with E-state index in [1.165, 1.54) is 7.11 Å². The number of ether oxygens (including phenoxy) is 1. The van der Waals surface area contributed by atoms with Crippen molar-refractivity contribution < 1.29 is 14.3 Å². The Kier molecular flexibility index (Phi) is 10.1. The molecule has 0 radical (unpaired) electrons. The molecule has 0 aliphatic rings. The van der Waals surface area contributed by atoms with Crippen molar-refractivity contribution in [3.05, 3.63) is 0 Å². The first kappa shape index (κ1) is 18.9. The van der Waals surface area contributed by atoms with Crippen LogP contribution >= 0.6 is 0 Å². The van der Waals surface area contributed by atoms with Crippen LogP contribution in [-0.4, -0.2) is 50.1 Å². The molecule has 0 aromatic rings. The quantitative estimate of drug-likeness (QED) is 0.621. The number of nitrogens with one attached hydrogen (secondary N) is 1. The fourth-order valence-corrected chi connectivity index (χ4v) is 2.07. The monoisotopic (exact) mass is 286 g/mol. The Hall–Kier alpha value is -1.10. The lowest BCUT2D eigenvalue weighted by atomic mass is 10.0. The van der Waals surface area contributed by atoms with Crippen LogP contribution in [0.5, 0.6) is 0 Å². The van der Waals surface area contributed by atoms with Gasteiger partial charge in [0.25, 0.3) is 0 Å². The lowest BCUT2D eigenvalue weighted by molar-refractivity contribution is -0.148. The fraction of sp³-hybridized carbons (Fsp3) is 0.867. The molecule has 118 valence electrons. The molecule has 20 heavy (non-hydrogen) atoms. The van der Waals surface area contributed by atoms with Gasteiger partial charge in [-0.1, -0.05) is 40.5 Å². The van der Waals surface area contributed by atoms with Gasteiger partial charge in [0.1, 0.15) is 6.54 Å². The molecule has 5 nitrogen and oxygen atoms in total. The van der Waals surface area contributed by atoms with Crippen molar-refractivity contribution in [2.45, 2.75) is 40.5 Å².